The third-order valence-corrected chi connectivity index (χ3v) is 15.5. The molecule has 1 fully saturated rings. The number of hydrogen-bond acceptors (Lipinski definition) is 11. The minimum absolute atomic E-state index is 0.0567. The summed E-state index contributed by atoms with van der Waals surface area (Å²) < 4.78 is 28.6. The number of aliphatic hydroxyl groups excluding tert-OH is 2. The number of ether oxygens (including phenoxy) is 5. The van der Waals surface area contributed by atoms with Crippen LogP contribution in [0.4, 0.5) is 0 Å². The monoisotopic (exact) mass is 1120 g/mol. The highest BCUT2D eigenvalue weighted by atomic mass is 16.7. The zero-order chi connectivity index (χ0) is 57.5. The molecule has 12 heteroatoms. The number of rotatable bonds is 58. The number of aliphatic hydroxyl groups is 2. The van der Waals surface area contributed by atoms with Gasteiger partial charge < -0.3 is 39.0 Å². The molecule has 1 saturated heterocycles. The summed E-state index contributed by atoms with van der Waals surface area (Å²) in [6.07, 6.45) is 52.7. The fraction of sp³-hybridized carbons (Fsp3) is 0.881. The number of carbonyl (C=O) groups is 4. The Balaban J connectivity index is 2.63. The molecular weight excluding hydrogens is 997 g/mol. The largest absolute Gasteiger partial charge is 0.479 e. The van der Waals surface area contributed by atoms with Crippen molar-refractivity contribution in [1.82, 2.24) is 0 Å². The SMILES string of the molecule is CCCCC/C=C\C/C=C\CCCCCCCCCC(=O)OC1C(OCC(COC(=O)CCCCCCCCCCCCCCCCCCC)OC(=O)CCCCCCCCCCCCCCCCC)OC(C(=O)O)C(O)C1O. The quantitative estimate of drug-likeness (QED) is 0.0228. The zero-order valence-electron chi connectivity index (χ0n) is 51.1. The number of carbonyl (C=O) groups excluding carboxylic acids is 3. The average molecular weight is 1120 g/mol. The van der Waals surface area contributed by atoms with Gasteiger partial charge in [-0.25, -0.2) is 4.79 Å². The fourth-order valence-corrected chi connectivity index (χ4v) is 10.4. The summed E-state index contributed by atoms with van der Waals surface area (Å²) in [6, 6.07) is 0. The summed E-state index contributed by atoms with van der Waals surface area (Å²) >= 11 is 0. The van der Waals surface area contributed by atoms with E-state index < -0.39 is 67.3 Å². The molecular formula is C67H122O12. The van der Waals surface area contributed by atoms with E-state index in [0.717, 1.165) is 89.9 Å². The highest BCUT2D eigenvalue weighted by molar-refractivity contribution is 5.74. The van der Waals surface area contributed by atoms with Crippen LogP contribution >= 0.6 is 0 Å². The lowest BCUT2D eigenvalue weighted by atomic mass is 9.98. The van der Waals surface area contributed by atoms with E-state index in [2.05, 4.69) is 45.1 Å². The van der Waals surface area contributed by atoms with Crippen molar-refractivity contribution in [2.24, 2.45) is 0 Å². The molecule has 1 rings (SSSR count). The molecule has 462 valence electrons. The smallest absolute Gasteiger partial charge is 0.335 e. The summed E-state index contributed by atoms with van der Waals surface area (Å²) in [6.45, 7) is 6.03. The third kappa shape index (κ3) is 45.4. The van der Waals surface area contributed by atoms with Gasteiger partial charge in [0.05, 0.1) is 6.61 Å². The predicted molar refractivity (Wildman–Crippen MR) is 322 cm³/mol. The van der Waals surface area contributed by atoms with Gasteiger partial charge in [0.2, 0.25) is 0 Å². The van der Waals surface area contributed by atoms with Crippen LogP contribution in [0.5, 0.6) is 0 Å². The van der Waals surface area contributed by atoms with Crippen LogP contribution in [0.3, 0.4) is 0 Å². The van der Waals surface area contributed by atoms with Crippen molar-refractivity contribution in [1.29, 1.82) is 0 Å². The van der Waals surface area contributed by atoms with E-state index in [-0.39, 0.29) is 25.9 Å². The van der Waals surface area contributed by atoms with Crippen molar-refractivity contribution in [3.05, 3.63) is 24.3 Å². The molecule has 0 aromatic rings. The molecule has 0 radical (unpaired) electrons. The van der Waals surface area contributed by atoms with E-state index in [1.165, 1.54) is 180 Å². The third-order valence-electron chi connectivity index (χ3n) is 15.5. The van der Waals surface area contributed by atoms with Gasteiger partial charge in [0.1, 0.15) is 18.8 Å². The molecule has 6 atom stereocenters. The van der Waals surface area contributed by atoms with Crippen LogP contribution in [0.2, 0.25) is 0 Å². The van der Waals surface area contributed by atoms with Gasteiger partial charge >= 0.3 is 23.9 Å². The number of carboxylic acid groups (broad SMARTS) is 1. The highest BCUT2D eigenvalue weighted by Crippen LogP contribution is 2.27. The van der Waals surface area contributed by atoms with Crippen molar-refractivity contribution in [3.8, 4) is 0 Å². The van der Waals surface area contributed by atoms with Crippen LogP contribution in [0.1, 0.15) is 329 Å². The first-order valence-corrected chi connectivity index (χ1v) is 33.3. The first kappa shape index (κ1) is 74.2. The summed E-state index contributed by atoms with van der Waals surface area (Å²) in [5.74, 6) is -3.08. The number of unbranched alkanes of at least 4 members (excludes halogenated alkanes) is 40. The van der Waals surface area contributed by atoms with Crippen molar-refractivity contribution in [2.45, 2.75) is 366 Å². The van der Waals surface area contributed by atoms with E-state index in [1.807, 2.05) is 0 Å². The summed E-state index contributed by atoms with van der Waals surface area (Å²) in [4.78, 5) is 51.3. The molecule has 79 heavy (non-hydrogen) atoms. The van der Waals surface area contributed by atoms with Gasteiger partial charge in [-0.05, 0) is 51.4 Å². The molecule has 1 aliphatic rings. The summed E-state index contributed by atoms with van der Waals surface area (Å²) in [5.41, 5.74) is 0. The van der Waals surface area contributed by atoms with Crippen LogP contribution in [-0.2, 0) is 42.9 Å². The van der Waals surface area contributed by atoms with Crippen molar-refractivity contribution in [3.63, 3.8) is 0 Å². The second-order valence-corrected chi connectivity index (χ2v) is 23.1. The maximum absolute atomic E-state index is 13.2. The Morgan fingerprint density at radius 1 is 0.418 bits per heavy atom. The molecule has 0 aromatic carbocycles. The molecule has 1 aliphatic heterocycles. The number of aliphatic carboxylic acids is 1. The number of esters is 3. The van der Waals surface area contributed by atoms with Gasteiger partial charge in [-0.1, -0.05) is 283 Å². The molecule has 0 saturated carbocycles. The normalized spacial score (nSPS) is 17.9. The lowest BCUT2D eigenvalue weighted by molar-refractivity contribution is -0.301. The maximum Gasteiger partial charge on any atom is 0.335 e. The summed E-state index contributed by atoms with van der Waals surface area (Å²) in [7, 11) is 0. The van der Waals surface area contributed by atoms with Crippen LogP contribution in [0.15, 0.2) is 24.3 Å². The van der Waals surface area contributed by atoms with Crippen molar-refractivity contribution in [2.75, 3.05) is 13.2 Å². The van der Waals surface area contributed by atoms with Gasteiger partial charge in [0.25, 0.3) is 0 Å². The number of carboxylic acids is 1. The topological polar surface area (TPSA) is 175 Å². The molecule has 0 aromatic heterocycles. The van der Waals surface area contributed by atoms with Gasteiger partial charge in [-0.15, -0.1) is 0 Å². The zero-order valence-corrected chi connectivity index (χ0v) is 51.1. The van der Waals surface area contributed by atoms with Crippen LogP contribution in [0, 0.1) is 0 Å². The Morgan fingerprint density at radius 2 is 0.759 bits per heavy atom. The second-order valence-electron chi connectivity index (χ2n) is 23.1. The highest BCUT2D eigenvalue weighted by Gasteiger charge is 2.50. The Hall–Kier alpha value is -2.80. The molecule has 0 spiro atoms. The summed E-state index contributed by atoms with van der Waals surface area (Å²) in [5, 5.41) is 31.6. The first-order chi connectivity index (χ1) is 38.6. The van der Waals surface area contributed by atoms with E-state index in [0.29, 0.717) is 19.3 Å². The predicted octanol–water partition coefficient (Wildman–Crippen LogP) is 17.8. The lowest BCUT2D eigenvalue weighted by Crippen LogP contribution is -2.61. The number of hydrogen-bond donors (Lipinski definition) is 3. The van der Waals surface area contributed by atoms with Crippen LogP contribution < -0.4 is 0 Å². The van der Waals surface area contributed by atoms with E-state index in [9.17, 15) is 34.5 Å². The number of allylic oxidation sites excluding steroid dienone is 4. The maximum atomic E-state index is 13.2. The molecule has 1 heterocycles. The minimum Gasteiger partial charge on any atom is -0.479 e. The van der Waals surface area contributed by atoms with E-state index in [1.54, 1.807) is 0 Å². The molecule has 6 unspecified atom stereocenters. The van der Waals surface area contributed by atoms with Gasteiger partial charge in [-0.3, -0.25) is 14.4 Å². The fourth-order valence-electron chi connectivity index (χ4n) is 10.4. The Bertz CT molecular complexity index is 1470. The van der Waals surface area contributed by atoms with E-state index in [4.69, 9.17) is 23.7 Å². The van der Waals surface area contributed by atoms with Crippen molar-refractivity contribution < 1.29 is 58.2 Å². The van der Waals surface area contributed by atoms with Crippen LogP contribution in [-0.4, -0.2) is 89.2 Å². The van der Waals surface area contributed by atoms with Crippen molar-refractivity contribution >= 4 is 23.9 Å². The standard InChI is InChI=1S/C67H122O12/c1-4-7-10-13-16-19-22-25-28-30-33-35-38-41-44-47-50-53-59(68)75-56-58(77-60(69)54-51-48-45-42-39-36-32-27-24-21-18-15-12-9-6-3)57-76-67-65(63(72)62(71)64(79-67)66(73)74)78-61(70)55-52-49-46-43-40-37-34-31-29-26-23-20-17-14-11-8-5-2/h17,20,26,29,58,62-65,67,71-72H,4-16,18-19,21-25,27-28,30-57H2,1-3H3,(H,73,74)/b20-17-,29-26-. The molecule has 12 nitrogen and oxygen atoms in total. The van der Waals surface area contributed by atoms with Gasteiger partial charge in [0, 0.05) is 19.3 Å². The molecule has 3 N–H and O–H groups in total. The van der Waals surface area contributed by atoms with E-state index >= 15 is 0 Å². The average Bonchev–Trinajstić information content (AvgIpc) is 3.43. The Kier molecular flexibility index (Phi) is 52.3. The van der Waals surface area contributed by atoms with Crippen LogP contribution in [0.25, 0.3) is 0 Å². The lowest BCUT2D eigenvalue weighted by Gasteiger charge is -2.40. The Labute approximate surface area is 483 Å². The van der Waals surface area contributed by atoms with Gasteiger partial charge in [0.15, 0.2) is 24.6 Å². The minimum atomic E-state index is -1.90. The molecule has 0 amide bonds. The second kappa shape index (κ2) is 55.7. The molecule has 0 aliphatic carbocycles. The molecule has 0 bridgehead atoms. The first-order valence-electron chi connectivity index (χ1n) is 33.3. The van der Waals surface area contributed by atoms with Gasteiger partial charge in [-0.2, -0.15) is 0 Å². The Morgan fingerprint density at radius 3 is 1.16 bits per heavy atom.